The summed E-state index contributed by atoms with van der Waals surface area (Å²) < 4.78 is 63.7. The zero-order chi connectivity index (χ0) is 22.4. The highest BCUT2D eigenvalue weighted by atomic mass is 32.2. The molecule has 2 saturated heterocycles. The third kappa shape index (κ3) is 6.51. The summed E-state index contributed by atoms with van der Waals surface area (Å²) in [6.45, 7) is 5.49. The third-order valence-electron chi connectivity index (χ3n) is 4.90. The van der Waals surface area contributed by atoms with Crippen molar-refractivity contribution >= 4 is 21.9 Å². The van der Waals surface area contributed by atoms with E-state index in [0.717, 1.165) is 25.9 Å². The molecule has 3 rings (SSSR count). The molecular weight excluding hydrogens is 429 g/mol. The molecule has 3 heterocycles. The molecule has 0 aromatic carbocycles. The maximum Gasteiger partial charge on any atom is 0.490 e. The summed E-state index contributed by atoms with van der Waals surface area (Å²) in [6.07, 6.45) is 0.211. The average molecular weight is 454 g/mol. The molecule has 1 atom stereocenters. The van der Waals surface area contributed by atoms with Gasteiger partial charge in [0.25, 0.3) is 0 Å². The van der Waals surface area contributed by atoms with Crippen molar-refractivity contribution in [3.63, 3.8) is 0 Å². The lowest BCUT2D eigenvalue weighted by molar-refractivity contribution is -0.192. The summed E-state index contributed by atoms with van der Waals surface area (Å²) in [4.78, 5) is 19.7. The van der Waals surface area contributed by atoms with Gasteiger partial charge in [-0.05, 0) is 25.8 Å². The van der Waals surface area contributed by atoms with Crippen molar-refractivity contribution in [2.24, 2.45) is 5.41 Å². The molecule has 1 N–H and O–H groups in total. The number of alkyl halides is 3. The molecular formula is C17H25F3N4O5S. The molecule has 1 unspecified atom stereocenters. The van der Waals surface area contributed by atoms with Gasteiger partial charge in [-0.25, -0.2) is 27.5 Å². The topological polar surface area (TPSA) is 113 Å². The molecule has 2 aliphatic heterocycles. The van der Waals surface area contributed by atoms with Crippen LogP contribution in [0.1, 0.15) is 19.8 Å². The van der Waals surface area contributed by atoms with Crippen LogP contribution in [-0.2, 0) is 19.6 Å². The van der Waals surface area contributed by atoms with Crippen LogP contribution in [0.2, 0.25) is 0 Å². The molecule has 0 amide bonds. The minimum atomic E-state index is -5.08. The molecule has 2 aliphatic rings. The largest absolute Gasteiger partial charge is 0.490 e. The number of ether oxygens (including phenoxy) is 1. The van der Waals surface area contributed by atoms with Crippen molar-refractivity contribution in [2.45, 2.75) is 25.9 Å². The van der Waals surface area contributed by atoms with Gasteiger partial charge in [0.15, 0.2) is 0 Å². The fourth-order valence-corrected chi connectivity index (χ4v) is 4.69. The molecule has 13 heteroatoms. The highest BCUT2D eigenvalue weighted by Gasteiger charge is 2.42. The Morgan fingerprint density at radius 3 is 2.47 bits per heavy atom. The second-order valence-corrected chi connectivity index (χ2v) is 9.42. The Morgan fingerprint density at radius 1 is 1.27 bits per heavy atom. The van der Waals surface area contributed by atoms with Crippen molar-refractivity contribution in [1.29, 1.82) is 0 Å². The van der Waals surface area contributed by atoms with Crippen molar-refractivity contribution < 1.29 is 36.2 Å². The van der Waals surface area contributed by atoms with Crippen LogP contribution in [0.3, 0.4) is 0 Å². The van der Waals surface area contributed by atoms with Crippen LogP contribution in [0.4, 0.5) is 19.1 Å². The Kier molecular flexibility index (Phi) is 7.99. The first kappa shape index (κ1) is 24.3. The number of rotatable bonds is 3. The molecule has 9 nitrogen and oxygen atoms in total. The second kappa shape index (κ2) is 9.88. The maximum absolute atomic E-state index is 12.3. The third-order valence-corrected chi connectivity index (χ3v) is 6.73. The van der Waals surface area contributed by atoms with Gasteiger partial charge in [0.05, 0.1) is 19.0 Å². The van der Waals surface area contributed by atoms with Crippen molar-refractivity contribution in [2.75, 3.05) is 50.0 Å². The molecule has 0 radical (unpaired) electrons. The Hall–Kier alpha value is -1.99. The van der Waals surface area contributed by atoms with Gasteiger partial charge in [-0.15, -0.1) is 0 Å². The lowest BCUT2D eigenvalue weighted by atomic mass is 9.81. The Balaban J connectivity index is 0.000000396. The van der Waals surface area contributed by atoms with Gasteiger partial charge in [0.2, 0.25) is 16.0 Å². The number of halogens is 3. The smallest absolute Gasteiger partial charge is 0.475 e. The summed E-state index contributed by atoms with van der Waals surface area (Å²) in [5.74, 6) is -1.92. The summed E-state index contributed by atoms with van der Waals surface area (Å²) in [5, 5.41) is 7.12. The summed E-state index contributed by atoms with van der Waals surface area (Å²) in [5.41, 5.74) is -0.184. The van der Waals surface area contributed by atoms with Crippen LogP contribution >= 0.6 is 0 Å². The SMILES string of the molecule is CCS(=O)(=O)N1CCCC2(COCCN(c3ncccn3)C2)C1.O=C(O)C(F)(F)F. The number of carboxylic acid groups (broad SMARTS) is 1. The summed E-state index contributed by atoms with van der Waals surface area (Å²) >= 11 is 0. The van der Waals surface area contributed by atoms with E-state index in [1.807, 2.05) is 0 Å². The average Bonchev–Trinajstić information content (AvgIpc) is 2.91. The van der Waals surface area contributed by atoms with E-state index in [2.05, 4.69) is 14.9 Å². The predicted molar refractivity (Wildman–Crippen MR) is 101 cm³/mol. The van der Waals surface area contributed by atoms with Crippen LogP contribution in [0.5, 0.6) is 0 Å². The van der Waals surface area contributed by atoms with Crippen molar-refractivity contribution in [3.05, 3.63) is 18.5 Å². The van der Waals surface area contributed by atoms with E-state index in [-0.39, 0.29) is 11.2 Å². The first-order valence-electron chi connectivity index (χ1n) is 9.37. The monoisotopic (exact) mass is 454 g/mol. The maximum atomic E-state index is 12.3. The Labute approximate surface area is 172 Å². The van der Waals surface area contributed by atoms with Gasteiger partial charge in [-0.3, -0.25) is 0 Å². The standard InChI is InChI=1S/C15H24N4O3S.C2HF3O2/c1-2-23(20,21)19-8-3-5-15(12-19)11-18(9-10-22-13-15)14-16-6-4-7-17-14;3-2(4,5)1(6)7/h4,6-7H,2-3,5,8-13H2,1H3;(H,6,7). The first-order valence-corrected chi connectivity index (χ1v) is 11.0. The molecule has 1 spiro atoms. The first-order chi connectivity index (χ1) is 14.0. The fraction of sp³-hybridized carbons (Fsp3) is 0.706. The van der Waals surface area contributed by atoms with E-state index in [1.165, 1.54) is 0 Å². The zero-order valence-electron chi connectivity index (χ0n) is 16.5. The normalized spacial score (nSPS) is 23.4. The van der Waals surface area contributed by atoms with Crippen LogP contribution in [0.25, 0.3) is 0 Å². The molecule has 0 aliphatic carbocycles. The van der Waals surface area contributed by atoms with E-state index >= 15 is 0 Å². The number of aliphatic carboxylic acids is 1. The van der Waals surface area contributed by atoms with E-state index in [1.54, 1.807) is 29.7 Å². The molecule has 2 fully saturated rings. The molecule has 0 saturated carbocycles. The van der Waals surface area contributed by atoms with Crippen LogP contribution in [0.15, 0.2) is 18.5 Å². The second-order valence-electron chi connectivity index (χ2n) is 7.16. The Morgan fingerprint density at radius 2 is 1.90 bits per heavy atom. The number of aromatic nitrogens is 2. The predicted octanol–water partition coefficient (Wildman–Crippen LogP) is 1.38. The van der Waals surface area contributed by atoms with Crippen LogP contribution in [-0.4, -0.2) is 85.1 Å². The molecule has 1 aromatic rings. The number of anilines is 1. The number of piperidine rings is 1. The van der Waals surface area contributed by atoms with Crippen molar-refractivity contribution in [1.82, 2.24) is 14.3 Å². The van der Waals surface area contributed by atoms with E-state index in [4.69, 9.17) is 14.6 Å². The number of hydrogen-bond donors (Lipinski definition) is 1. The van der Waals surface area contributed by atoms with E-state index in [0.29, 0.717) is 32.3 Å². The van der Waals surface area contributed by atoms with Gasteiger partial charge < -0.3 is 14.7 Å². The van der Waals surface area contributed by atoms with Crippen molar-refractivity contribution in [3.8, 4) is 0 Å². The Bertz CT molecular complexity index is 809. The molecule has 1 aromatic heterocycles. The van der Waals surface area contributed by atoms with Gasteiger partial charge in [0.1, 0.15) is 0 Å². The van der Waals surface area contributed by atoms with Gasteiger partial charge in [-0.1, -0.05) is 0 Å². The number of carbonyl (C=O) groups is 1. The molecule has 170 valence electrons. The lowest BCUT2D eigenvalue weighted by Crippen LogP contribution is -2.52. The number of sulfonamides is 1. The van der Waals surface area contributed by atoms with Crippen LogP contribution < -0.4 is 4.90 Å². The lowest BCUT2D eigenvalue weighted by Gasteiger charge is -2.42. The highest BCUT2D eigenvalue weighted by molar-refractivity contribution is 7.89. The minimum Gasteiger partial charge on any atom is -0.475 e. The fourth-order valence-electron chi connectivity index (χ4n) is 3.45. The van der Waals surface area contributed by atoms with E-state index < -0.39 is 22.2 Å². The van der Waals surface area contributed by atoms with E-state index in [9.17, 15) is 21.6 Å². The molecule has 30 heavy (non-hydrogen) atoms. The number of nitrogens with zero attached hydrogens (tertiary/aromatic N) is 4. The number of carboxylic acids is 1. The quantitative estimate of drug-likeness (QED) is 0.729. The van der Waals surface area contributed by atoms with Gasteiger partial charge in [0, 0.05) is 44.0 Å². The summed E-state index contributed by atoms with van der Waals surface area (Å²) in [6, 6.07) is 1.80. The van der Waals surface area contributed by atoms with Gasteiger partial charge >= 0.3 is 12.1 Å². The summed E-state index contributed by atoms with van der Waals surface area (Å²) in [7, 11) is -3.16. The van der Waals surface area contributed by atoms with Gasteiger partial charge in [-0.2, -0.15) is 13.2 Å². The zero-order valence-corrected chi connectivity index (χ0v) is 17.3. The molecule has 0 bridgehead atoms. The number of hydrogen-bond acceptors (Lipinski definition) is 7. The highest BCUT2D eigenvalue weighted by Crippen LogP contribution is 2.34. The van der Waals surface area contributed by atoms with Crippen LogP contribution in [0, 0.1) is 5.41 Å². The minimum absolute atomic E-state index is 0.148.